The first-order chi connectivity index (χ1) is 13.1. The first-order valence-electron chi connectivity index (χ1n) is 9.20. The number of benzene rings is 2. The molecule has 0 aliphatic rings. The summed E-state index contributed by atoms with van der Waals surface area (Å²) in [5, 5.41) is 5.30. The van der Waals surface area contributed by atoms with Gasteiger partial charge in [0.1, 0.15) is 6.54 Å². The van der Waals surface area contributed by atoms with Crippen LogP contribution in [0.2, 0.25) is 0 Å². The molecule has 0 radical (unpaired) electrons. The van der Waals surface area contributed by atoms with E-state index in [4.69, 9.17) is 17.4 Å². The first kappa shape index (κ1) is 20.7. The average Bonchev–Trinajstić information content (AvgIpc) is 2.86. The Balaban J connectivity index is 1.90. The summed E-state index contributed by atoms with van der Waals surface area (Å²) < 4.78 is 28.0. The third-order valence-electron chi connectivity index (χ3n) is 5.03. The molecule has 1 heterocycles. The molecule has 0 fully saturated rings. The third kappa shape index (κ3) is 4.20. The summed E-state index contributed by atoms with van der Waals surface area (Å²) in [6.07, 6.45) is 0. The lowest BCUT2D eigenvalue weighted by atomic mass is 10.0. The SMILES string of the molecule is CC(C)c1ccc(C[NH+](C)Cn2c(=S)n(C)c3ccc(S(N)(=O)=O)cc32)cc1. The average molecular weight is 420 g/mol. The van der Waals surface area contributed by atoms with Crippen molar-refractivity contribution in [2.75, 3.05) is 7.05 Å². The van der Waals surface area contributed by atoms with Gasteiger partial charge >= 0.3 is 0 Å². The summed E-state index contributed by atoms with van der Waals surface area (Å²) in [4.78, 5) is 1.33. The summed E-state index contributed by atoms with van der Waals surface area (Å²) in [5.74, 6) is 0.515. The number of sulfonamides is 1. The Labute approximate surface area is 171 Å². The van der Waals surface area contributed by atoms with Gasteiger partial charge in [-0.25, -0.2) is 13.6 Å². The number of nitrogens with two attached hydrogens (primary N) is 1. The Morgan fingerprint density at radius 1 is 1.11 bits per heavy atom. The number of quaternary nitrogens is 1. The fourth-order valence-corrected chi connectivity index (χ4v) is 4.21. The minimum atomic E-state index is -3.77. The highest BCUT2D eigenvalue weighted by Crippen LogP contribution is 2.20. The fraction of sp³-hybridized carbons (Fsp3) is 0.350. The van der Waals surface area contributed by atoms with Gasteiger partial charge in [0.2, 0.25) is 10.0 Å². The minimum Gasteiger partial charge on any atom is -0.320 e. The van der Waals surface area contributed by atoms with Crippen molar-refractivity contribution in [2.24, 2.45) is 12.2 Å². The van der Waals surface area contributed by atoms with Crippen molar-refractivity contribution in [3.8, 4) is 0 Å². The van der Waals surface area contributed by atoms with Crippen molar-refractivity contribution >= 4 is 33.3 Å². The van der Waals surface area contributed by atoms with Crippen LogP contribution in [0, 0.1) is 4.77 Å². The van der Waals surface area contributed by atoms with Gasteiger partial charge in [0.15, 0.2) is 11.4 Å². The van der Waals surface area contributed by atoms with Gasteiger partial charge in [0.25, 0.3) is 0 Å². The van der Waals surface area contributed by atoms with E-state index in [0.717, 1.165) is 17.6 Å². The molecule has 1 aromatic heterocycles. The minimum absolute atomic E-state index is 0.0938. The van der Waals surface area contributed by atoms with Crippen LogP contribution in [-0.4, -0.2) is 24.6 Å². The van der Waals surface area contributed by atoms with Crippen LogP contribution in [0.5, 0.6) is 0 Å². The highest BCUT2D eigenvalue weighted by atomic mass is 32.2. The van der Waals surface area contributed by atoms with Crippen LogP contribution in [0.25, 0.3) is 11.0 Å². The van der Waals surface area contributed by atoms with E-state index in [2.05, 4.69) is 45.2 Å². The number of hydrogen-bond acceptors (Lipinski definition) is 3. The van der Waals surface area contributed by atoms with Crippen molar-refractivity contribution in [1.82, 2.24) is 9.13 Å². The molecule has 28 heavy (non-hydrogen) atoms. The molecular weight excluding hydrogens is 392 g/mol. The lowest BCUT2D eigenvalue weighted by molar-refractivity contribution is -0.916. The second-order valence-corrected chi connectivity index (χ2v) is 9.58. The number of aryl methyl sites for hydroxylation is 1. The lowest BCUT2D eigenvalue weighted by Crippen LogP contribution is -3.06. The lowest BCUT2D eigenvalue weighted by Gasteiger charge is -2.16. The molecule has 3 aromatic rings. The standard InChI is InChI=1S/C20H26N4O2S2/c1-14(2)16-7-5-15(6-8-16)12-22(3)13-24-19-11-17(28(21,25)26)9-10-18(19)23(4)20(24)27/h5-11,14H,12-13H2,1-4H3,(H2,21,25,26)/p+1. The molecule has 8 heteroatoms. The first-order valence-corrected chi connectivity index (χ1v) is 11.2. The second-order valence-electron chi connectivity index (χ2n) is 7.65. The summed E-state index contributed by atoms with van der Waals surface area (Å²) >= 11 is 5.59. The van der Waals surface area contributed by atoms with Crippen LogP contribution >= 0.6 is 12.2 Å². The maximum absolute atomic E-state index is 11.7. The molecular formula is C20H27N4O2S2+. The number of nitrogens with one attached hydrogen (secondary N) is 1. The quantitative estimate of drug-likeness (QED) is 0.601. The van der Waals surface area contributed by atoms with Gasteiger partial charge in [0, 0.05) is 12.6 Å². The highest BCUT2D eigenvalue weighted by molar-refractivity contribution is 7.89. The maximum atomic E-state index is 11.7. The van der Waals surface area contributed by atoms with Gasteiger partial charge in [-0.1, -0.05) is 38.1 Å². The number of imidazole rings is 1. The third-order valence-corrected chi connectivity index (χ3v) is 6.43. The predicted molar refractivity (Wildman–Crippen MR) is 114 cm³/mol. The summed E-state index contributed by atoms with van der Waals surface area (Å²) in [5.41, 5.74) is 4.23. The van der Waals surface area contributed by atoms with Gasteiger partial charge in [-0.2, -0.15) is 0 Å². The van der Waals surface area contributed by atoms with E-state index in [9.17, 15) is 8.42 Å². The molecule has 3 rings (SSSR count). The smallest absolute Gasteiger partial charge is 0.238 e. The molecule has 150 valence electrons. The molecule has 0 saturated heterocycles. The van der Waals surface area contributed by atoms with Crippen LogP contribution in [0.4, 0.5) is 0 Å². The topological polar surface area (TPSA) is 74.5 Å². The number of fused-ring (bicyclic) bond motifs is 1. The largest absolute Gasteiger partial charge is 0.320 e. The fourth-order valence-electron chi connectivity index (χ4n) is 3.41. The number of nitrogens with zero attached hydrogens (tertiary/aromatic N) is 2. The van der Waals surface area contributed by atoms with Crippen molar-refractivity contribution in [1.29, 1.82) is 0 Å². The number of rotatable bonds is 6. The van der Waals surface area contributed by atoms with E-state index < -0.39 is 10.0 Å². The normalized spacial score (nSPS) is 13.4. The monoisotopic (exact) mass is 419 g/mol. The summed E-state index contributed by atoms with van der Waals surface area (Å²) in [7, 11) is 0.218. The van der Waals surface area contributed by atoms with Crippen LogP contribution in [0.1, 0.15) is 30.9 Å². The molecule has 0 aliphatic carbocycles. The van der Waals surface area contributed by atoms with Gasteiger partial charge in [-0.3, -0.25) is 4.57 Å². The van der Waals surface area contributed by atoms with Crippen LogP contribution in [0.3, 0.4) is 0 Å². The summed E-state index contributed by atoms with van der Waals surface area (Å²) in [6, 6.07) is 13.6. The Hall–Kier alpha value is -2.00. The zero-order valence-corrected chi connectivity index (χ0v) is 18.3. The van der Waals surface area contributed by atoms with Crippen molar-refractivity contribution < 1.29 is 13.3 Å². The van der Waals surface area contributed by atoms with E-state index in [1.165, 1.54) is 22.1 Å². The molecule has 1 atom stereocenters. The van der Waals surface area contributed by atoms with Crippen LogP contribution in [-0.2, 0) is 30.3 Å². The Bertz CT molecular complexity index is 1160. The number of aromatic nitrogens is 2. The van der Waals surface area contributed by atoms with E-state index in [-0.39, 0.29) is 4.90 Å². The number of primary sulfonamides is 1. The Kier molecular flexibility index (Phi) is 5.77. The number of hydrogen-bond donors (Lipinski definition) is 2. The van der Waals surface area contributed by atoms with Crippen molar-refractivity contribution in [2.45, 2.75) is 37.9 Å². The molecule has 3 N–H and O–H groups in total. The van der Waals surface area contributed by atoms with Crippen molar-refractivity contribution in [3.05, 3.63) is 58.4 Å². The predicted octanol–water partition coefficient (Wildman–Crippen LogP) is 2.15. The van der Waals surface area contributed by atoms with E-state index in [0.29, 0.717) is 17.4 Å². The van der Waals surface area contributed by atoms with E-state index in [1.54, 1.807) is 12.1 Å². The zero-order chi connectivity index (χ0) is 20.6. The van der Waals surface area contributed by atoms with Crippen LogP contribution in [0.15, 0.2) is 47.4 Å². The molecule has 0 bridgehead atoms. The molecule has 6 nitrogen and oxygen atoms in total. The van der Waals surface area contributed by atoms with Gasteiger partial charge < -0.3 is 9.47 Å². The molecule has 0 spiro atoms. The molecule has 0 amide bonds. The zero-order valence-electron chi connectivity index (χ0n) is 16.6. The summed E-state index contributed by atoms with van der Waals surface area (Å²) in [6.45, 7) is 5.83. The maximum Gasteiger partial charge on any atom is 0.238 e. The highest BCUT2D eigenvalue weighted by Gasteiger charge is 2.16. The molecule has 0 aliphatic heterocycles. The second kappa shape index (κ2) is 7.79. The van der Waals surface area contributed by atoms with Crippen LogP contribution < -0.4 is 10.0 Å². The molecule has 0 saturated carbocycles. The van der Waals surface area contributed by atoms with Gasteiger partial charge in [0.05, 0.1) is 23.0 Å². The Morgan fingerprint density at radius 2 is 1.75 bits per heavy atom. The van der Waals surface area contributed by atoms with Crippen molar-refractivity contribution in [3.63, 3.8) is 0 Å². The molecule has 2 aromatic carbocycles. The van der Waals surface area contributed by atoms with E-state index >= 15 is 0 Å². The van der Waals surface area contributed by atoms with E-state index in [1.807, 2.05) is 16.2 Å². The van der Waals surface area contributed by atoms with Gasteiger partial charge in [-0.05, 0) is 41.9 Å². The Morgan fingerprint density at radius 3 is 2.32 bits per heavy atom. The van der Waals surface area contributed by atoms with Gasteiger partial charge in [-0.15, -0.1) is 0 Å². The molecule has 1 unspecified atom stereocenters.